The van der Waals surface area contributed by atoms with Gasteiger partial charge < -0.3 is 9.80 Å². The van der Waals surface area contributed by atoms with Crippen LogP contribution in [0.4, 0.5) is 11.4 Å². The number of rotatable bonds is 2. The lowest BCUT2D eigenvalue weighted by Gasteiger charge is -2.32. The van der Waals surface area contributed by atoms with Gasteiger partial charge in [0.25, 0.3) is 5.91 Å². The fraction of sp³-hybridized carbons (Fsp3) is 0.429. The molecule has 1 aromatic heterocycles. The zero-order chi connectivity index (χ0) is 17.2. The molecule has 0 bridgehead atoms. The van der Waals surface area contributed by atoms with Gasteiger partial charge in [-0.2, -0.15) is 0 Å². The molecule has 0 aliphatic carbocycles. The lowest BCUT2D eigenvalue weighted by molar-refractivity contribution is 0.0980. The Morgan fingerprint density at radius 1 is 1.12 bits per heavy atom. The van der Waals surface area contributed by atoms with E-state index in [2.05, 4.69) is 22.9 Å². The maximum atomic E-state index is 13.1. The van der Waals surface area contributed by atoms with E-state index in [-0.39, 0.29) is 5.91 Å². The first-order valence-corrected chi connectivity index (χ1v) is 9.33. The highest BCUT2D eigenvalue weighted by Crippen LogP contribution is 2.29. The smallest absolute Gasteiger partial charge is 0.276 e. The van der Waals surface area contributed by atoms with Crippen LogP contribution in [0, 0.1) is 5.92 Å². The number of aromatic nitrogens is 1. The van der Waals surface area contributed by atoms with Gasteiger partial charge in [0.1, 0.15) is 5.69 Å². The number of hydrogen-bond donors (Lipinski definition) is 0. The van der Waals surface area contributed by atoms with Gasteiger partial charge >= 0.3 is 0 Å². The highest BCUT2D eigenvalue weighted by atomic mass is 16.2. The molecule has 2 aliphatic rings. The van der Waals surface area contributed by atoms with Crippen molar-refractivity contribution in [1.82, 2.24) is 4.98 Å². The number of anilines is 2. The van der Waals surface area contributed by atoms with Gasteiger partial charge in [-0.3, -0.25) is 9.78 Å². The molecule has 0 radical (unpaired) electrons. The Balaban J connectivity index is 1.58. The van der Waals surface area contributed by atoms with Crippen molar-refractivity contribution in [1.29, 1.82) is 0 Å². The Labute approximate surface area is 149 Å². The highest BCUT2D eigenvalue weighted by molar-refractivity contribution is 6.05. The first-order chi connectivity index (χ1) is 12.2. The molecule has 0 spiro atoms. The quantitative estimate of drug-likeness (QED) is 0.835. The molecule has 1 fully saturated rings. The van der Waals surface area contributed by atoms with Crippen LogP contribution in [0.2, 0.25) is 0 Å². The predicted molar refractivity (Wildman–Crippen MR) is 101 cm³/mol. The number of piperidine rings is 1. The second-order valence-electron chi connectivity index (χ2n) is 7.26. The average molecular weight is 335 g/mol. The van der Waals surface area contributed by atoms with Crippen molar-refractivity contribution >= 4 is 17.3 Å². The first kappa shape index (κ1) is 16.1. The number of fused-ring (bicyclic) bond motifs is 1. The van der Waals surface area contributed by atoms with Crippen LogP contribution in [0.15, 0.2) is 42.6 Å². The average Bonchev–Trinajstić information content (AvgIpc) is 2.68. The van der Waals surface area contributed by atoms with Crippen molar-refractivity contribution in [2.45, 2.75) is 32.6 Å². The van der Waals surface area contributed by atoms with E-state index in [1.54, 1.807) is 6.20 Å². The Bertz CT molecular complexity index is 765. The summed E-state index contributed by atoms with van der Waals surface area (Å²) in [5, 5.41) is 0. The van der Waals surface area contributed by atoms with Crippen LogP contribution in [0.5, 0.6) is 0 Å². The van der Waals surface area contributed by atoms with Crippen LogP contribution in [0.25, 0.3) is 0 Å². The summed E-state index contributed by atoms with van der Waals surface area (Å²) in [5.74, 6) is 0.809. The summed E-state index contributed by atoms with van der Waals surface area (Å²) < 4.78 is 0. The lowest BCUT2D eigenvalue weighted by Crippen LogP contribution is -2.36. The van der Waals surface area contributed by atoms with Crippen LogP contribution in [0.1, 0.15) is 42.2 Å². The van der Waals surface area contributed by atoms with Crippen LogP contribution in [-0.2, 0) is 6.42 Å². The number of aryl methyl sites for hydroxylation is 1. The maximum Gasteiger partial charge on any atom is 0.276 e. The van der Waals surface area contributed by atoms with E-state index in [1.807, 2.05) is 35.2 Å². The Morgan fingerprint density at radius 3 is 2.76 bits per heavy atom. The maximum absolute atomic E-state index is 13.1. The van der Waals surface area contributed by atoms with Gasteiger partial charge in [0.05, 0.1) is 0 Å². The zero-order valence-electron chi connectivity index (χ0n) is 14.8. The fourth-order valence-corrected chi connectivity index (χ4v) is 3.88. The summed E-state index contributed by atoms with van der Waals surface area (Å²) in [6, 6.07) is 12.2. The third-order valence-corrected chi connectivity index (χ3v) is 5.47. The summed E-state index contributed by atoms with van der Waals surface area (Å²) >= 11 is 0. The van der Waals surface area contributed by atoms with E-state index in [0.717, 1.165) is 49.8 Å². The number of amides is 1. The molecule has 4 nitrogen and oxygen atoms in total. The number of hydrogen-bond acceptors (Lipinski definition) is 3. The van der Waals surface area contributed by atoms with Crippen molar-refractivity contribution in [2.24, 2.45) is 5.92 Å². The van der Waals surface area contributed by atoms with Crippen molar-refractivity contribution < 1.29 is 4.79 Å². The third-order valence-electron chi connectivity index (χ3n) is 5.47. The summed E-state index contributed by atoms with van der Waals surface area (Å²) in [7, 11) is 0. The minimum atomic E-state index is 0.0133. The molecule has 25 heavy (non-hydrogen) atoms. The Kier molecular flexibility index (Phi) is 4.43. The normalized spacial score (nSPS) is 18.1. The Hall–Kier alpha value is -2.36. The van der Waals surface area contributed by atoms with Crippen molar-refractivity contribution in [3.05, 3.63) is 53.9 Å². The van der Waals surface area contributed by atoms with Crippen LogP contribution < -0.4 is 9.80 Å². The molecule has 1 aromatic carbocycles. The molecule has 4 rings (SSSR count). The molecular weight excluding hydrogens is 310 g/mol. The summed E-state index contributed by atoms with van der Waals surface area (Å²) in [6.45, 7) is 5.20. The second kappa shape index (κ2) is 6.87. The van der Waals surface area contributed by atoms with Crippen molar-refractivity contribution in [2.75, 3.05) is 29.4 Å². The molecule has 4 heteroatoms. The van der Waals surface area contributed by atoms with E-state index < -0.39 is 0 Å². The van der Waals surface area contributed by atoms with Crippen LogP contribution in [-0.4, -0.2) is 30.5 Å². The predicted octanol–water partition coefficient (Wildman–Crippen LogP) is 3.91. The van der Waals surface area contributed by atoms with E-state index in [4.69, 9.17) is 0 Å². The second-order valence-corrected chi connectivity index (χ2v) is 7.26. The molecule has 130 valence electrons. The number of nitrogens with zero attached hydrogens (tertiary/aromatic N) is 3. The molecule has 0 saturated carbocycles. The van der Waals surface area contributed by atoms with Gasteiger partial charge in [0.2, 0.25) is 0 Å². The van der Waals surface area contributed by atoms with E-state index in [9.17, 15) is 4.79 Å². The first-order valence-electron chi connectivity index (χ1n) is 9.33. The van der Waals surface area contributed by atoms with Crippen LogP contribution >= 0.6 is 0 Å². The topological polar surface area (TPSA) is 36.4 Å². The molecular formula is C21H25N3O. The van der Waals surface area contributed by atoms with Gasteiger partial charge in [-0.25, -0.2) is 0 Å². The van der Waals surface area contributed by atoms with Crippen molar-refractivity contribution in [3.63, 3.8) is 0 Å². The largest absolute Gasteiger partial charge is 0.371 e. The van der Waals surface area contributed by atoms with E-state index >= 15 is 0 Å². The molecule has 0 atom stereocenters. The number of benzene rings is 1. The zero-order valence-corrected chi connectivity index (χ0v) is 14.8. The monoisotopic (exact) mass is 335 g/mol. The molecule has 1 saturated heterocycles. The van der Waals surface area contributed by atoms with E-state index in [1.165, 1.54) is 18.4 Å². The van der Waals surface area contributed by atoms with Gasteiger partial charge in [0, 0.05) is 37.2 Å². The molecule has 0 N–H and O–H groups in total. The molecule has 2 aliphatic heterocycles. The van der Waals surface area contributed by atoms with Gasteiger partial charge in [-0.05, 0) is 55.4 Å². The molecule has 0 unspecified atom stereocenters. The number of carbonyl (C=O) groups is 1. The summed E-state index contributed by atoms with van der Waals surface area (Å²) in [5.41, 5.74) is 3.96. The molecule has 3 heterocycles. The van der Waals surface area contributed by atoms with Crippen molar-refractivity contribution in [3.8, 4) is 0 Å². The number of para-hydroxylation sites is 1. The van der Waals surface area contributed by atoms with Gasteiger partial charge in [0.15, 0.2) is 0 Å². The molecule has 1 amide bonds. The SMILES string of the molecule is CC1CCN(c2ccnc(C(=O)N3CCCc4ccccc43)c2)CC1. The van der Waals surface area contributed by atoms with Gasteiger partial charge in [-0.1, -0.05) is 25.1 Å². The highest BCUT2D eigenvalue weighted by Gasteiger charge is 2.25. The number of pyridine rings is 1. The van der Waals surface area contributed by atoms with Crippen LogP contribution in [0.3, 0.4) is 0 Å². The minimum absolute atomic E-state index is 0.0133. The van der Waals surface area contributed by atoms with Gasteiger partial charge in [-0.15, -0.1) is 0 Å². The summed E-state index contributed by atoms with van der Waals surface area (Å²) in [4.78, 5) is 21.7. The molecule has 2 aromatic rings. The third kappa shape index (κ3) is 3.26. The van der Waals surface area contributed by atoms with E-state index in [0.29, 0.717) is 5.69 Å². The number of carbonyl (C=O) groups excluding carboxylic acids is 1. The standard InChI is InChI=1S/C21H25N3O/c1-16-9-13-23(14-10-16)18-8-11-22-19(15-18)21(25)24-12-4-6-17-5-2-3-7-20(17)24/h2-3,5,7-8,11,15-16H,4,6,9-10,12-14H2,1H3. The summed E-state index contributed by atoms with van der Waals surface area (Å²) in [6.07, 6.45) is 6.25. The Morgan fingerprint density at radius 2 is 1.92 bits per heavy atom. The lowest BCUT2D eigenvalue weighted by atomic mass is 9.99. The minimum Gasteiger partial charge on any atom is -0.371 e. The fourth-order valence-electron chi connectivity index (χ4n) is 3.88.